The molecule has 1 aliphatic carbocycles. The summed E-state index contributed by atoms with van der Waals surface area (Å²) in [5.41, 5.74) is 8.48. The average molecular weight is 911 g/mol. The molecule has 2 fully saturated rings. The Morgan fingerprint density at radius 3 is 2.33 bits per heavy atom. The van der Waals surface area contributed by atoms with Gasteiger partial charge in [0.05, 0.1) is 36.8 Å². The van der Waals surface area contributed by atoms with Gasteiger partial charge in [-0.2, -0.15) is 0 Å². The molecule has 2 heterocycles. The van der Waals surface area contributed by atoms with Gasteiger partial charge >= 0.3 is 11.9 Å². The predicted octanol–water partition coefficient (Wildman–Crippen LogP) is 3.47. The van der Waals surface area contributed by atoms with Gasteiger partial charge in [0.1, 0.15) is 24.2 Å². The Balaban J connectivity index is 1.25. The van der Waals surface area contributed by atoms with Gasteiger partial charge in [-0.1, -0.05) is 77.5 Å². The van der Waals surface area contributed by atoms with Gasteiger partial charge in [0.2, 0.25) is 11.8 Å². The van der Waals surface area contributed by atoms with Gasteiger partial charge in [0.15, 0.2) is 5.82 Å². The lowest BCUT2D eigenvalue weighted by Crippen LogP contribution is -2.48. The van der Waals surface area contributed by atoms with Crippen LogP contribution in [0, 0.1) is 0 Å². The fourth-order valence-corrected chi connectivity index (χ4v) is 9.17. The second-order valence-corrected chi connectivity index (χ2v) is 18.1. The summed E-state index contributed by atoms with van der Waals surface area (Å²) >= 11 is 0.913. The molecule has 2 unspecified atom stereocenters. The molecule has 2 aromatic rings. The van der Waals surface area contributed by atoms with Crippen LogP contribution in [0.5, 0.6) is 5.75 Å². The van der Waals surface area contributed by atoms with Crippen molar-refractivity contribution in [3.63, 3.8) is 0 Å². The van der Waals surface area contributed by atoms with Crippen LogP contribution >= 0.6 is 11.8 Å². The van der Waals surface area contributed by atoms with Crippen LogP contribution in [-0.4, -0.2) is 137 Å². The van der Waals surface area contributed by atoms with Crippen LogP contribution in [0.3, 0.4) is 0 Å². The van der Waals surface area contributed by atoms with Crippen molar-refractivity contribution in [3.05, 3.63) is 52.2 Å². The number of ether oxygens (including phenoxy) is 2. The van der Waals surface area contributed by atoms with E-state index in [0.29, 0.717) is 31.9 Å². The summed E-state index contributed by atoms with van der Waals surface area (Å²) < 4.78 is 13.8. The highest BCUT2D eigenvalue weighted by Gasteiger charge is 2.28. The Bertz CT molecular complexity index is 1930. The third-order valence-corrected chi connectivity index (χ3v) is 13.0. The minimum absolute atomic E-state index is 0.0258. The third kappa shape index (κ3) is 18.1. The van der Waals surface area contributed by atoms with Gasteiger partial charge in [-0.05, 0) is 48.6 Å². The zero-order valence-corrected chi connectivity index (χ0v) is 39.2. The smallest absolute Gasteiger partial charge is 0.327 e. The molecule has 7 N–H and O–H groups in total. The number of benzene rings is 1. The van der Waals surface area contributed by atoms with E-state index in [4.69, 9.17) is 20.2 Å². The maximum atomic E-state index is 13.2. The molecular weight excluding hydrogens is 837 g/mol. The number of carbonyl (C=O) groups is 4. The van der Waals surface area contributed by atoms with E-state index in [1.165, 1.54) is 6.42 Å². The number of carboxylic acids is 2. The number of amides is 2. The summed E-state index contributed by atoms with van der Waals surface area (Å²) in [6, 6.07) is 7.06. The van der Waals surface area contributed by atoms with E-state index in [-0.39, 0.29) is 18.5 Å². The summed E-state index contributed by atoms with van der Waals surface area (Å²) in [5.74, 6) is -1.50. The molecule has 0 spiro atoms. The Morgan fingerprint density at radius 2 is 1.66 bits per heavy atom. The van der Waals surface area contributed by atoms with Gasteiger partial charge in [-0.3, -0.25) is 24.2 Å². The number of carboxylic acid groups (broad SMARTS) is 2. The zero-order valence-electron chi connectivity index (χ0n) is 38.4. The number of rotatable bonds is 27. The molecule has 1 saturated carbocycles. The number of hydrogen-bond donors (Lipinski definition) is 6. The maximum absolute atomic E-state index is 13.2. The van der Waals surface area contributed by atoms with E-state index in [2.05, 4.69) is 68.9 Å². The highest BCUT2D eigenvalue weighted by molar-refractivity contribution is 8.00. The standard InChI is InChI=1S/C47H74N8O8S/c1-5-7-13-20-49-45(52-41(48)14-6-2)44-34(3)19-22-55(44)31-36-18-17-35(28-39(36)62-4)30-54-26-24-53(25-27-54)23-21-50-46(59)40(29-43(57)58)64-33-38(47(60)61)51-42(56)32-63-37-15-11-9-8-10-12-16-37/h17-19,22,28,37-38,40,49H,3,5-16,20-21,23-27,29-33H2,1-2,4H3,(H2,48,52)(H,50,59)(H,51,56)(H,57,58)(H,60,61)/b45-44+. The number of thioether (sulfide) groups is 1. The first kappa shape index (κ1) is 52.0. The highest BCUT2D eigenvalue weighted by atomic mass is 32.2. The van der Waals surface area contributed by atoms with Crippen molar-refractivity contribution >= 4 is 53.8 Å². The topological polar surface area (TPSA) is 213 Å². The molecule has 64 heavy (non-hydrogen) atoms. The molecule has 0 bridgehead atoms. The van der Waals surface area contributed by atoms with Gasteiger partial charge in [0, 0.05) is 76.3 Å². The van der Waals surface area contributed by atoms with Crippen LogP contribution < -0.4 is 37.0 Å². The fraction of sp³-hybridized carbons (Fsp3) is 0.638. The van der Waals surface area contributed by atoms with Crippen LogP contribution in [0.4, 0.5) is 0 Å². The Hall–Kier alpha value is -4.58. The molecule has 356 valence electrons. The first-order chi connectivity index (χ1) is 30.9. The Kier molecular flexibility index (Phi) is 23.1. The number of hydrogen-bond acceptors (Lipinski definition) is 11. The van der Waals surface area contributed by atoms with E-state index in [1.54, 1.807) is 7.11 Å². The summed E-state index contributed by atoms with van der Waals surface area (Å²) in [4.78, 5) is 58.9. The summed E-state index contributed by atoms with van der Waals surface area (Å²) in [6.07, 6.45) is 13.8. The van der Waals surface area contributed by atoms with Gasteiger partial charge in [-0.25, -0.2) is 9.79 Å². The van der Waals surface area contributed by atoms with Crippen LogP contribution in [0.25, 0.3) is 12.4 Å². The second kappa shape index (κ2) is 28.4. The monoisotopic (exact) mass is 911 g/mol. The third-order valence-electron chi connectivity index (χ3n) is 11.6. The number of methoxy groups -OCH3 is 1. The van der Waals surface area contributed by atoms with E-state index in [0.717, 1.165) is 149 Å². The first-order valence-corrected chi connectivity index (χ1v) is 24.3. The number of carbonyl (C=O) groups excluding carboxylic acids is 2. The molecule has 2 aliphatic rings. The fourth-order valence-electron chi connectivity index (χ4n) is 8.02. The SMILES string of the molecule is C=c1ccn(Cc2ccc(CN3CCN(CCNC(=O)C(CC(=O)O)SCC(NC(=O)COC4CCCCCCC4)C(=O)O)CC3)cc2OC)/c1=C(/N=C(/N)CCC)NCCCCC. The largest absolute Gasteiger partial charge is 0.496 e. The molecule has 2 atom stereocenters. The molecule has 1 aliphatic heterocycles. The van der Waals surface area contributed by atoms with Gasteiger partial charge in [0.25, 0.3) is 0 Å². The molecule has 1 saturated heterocycles. The van der Waals surface area contributed by atoms with Crippen LogP contribution in [0.2, 0.25) is 0 Å². The number of piperazine rings is 1. The van der Waals surface area contributed by atoms with Crippen molar-refractivity contribution in [1.29, 1.82) is 0 Å². The molecule has 16 nitrogen and oxygen atoms in total. The van der Waals surface area contributed by atoms with Gasteiger partial charge < -0.3 is 45.9 Å². The molecule has 1 aromatic heterocycles. The van der Waals surface area contributed by atoms with Crippen LogP contribution in [0.15, 0.2) is 35.5 Å². The molecule has 1 aromatic carbocycles. The number of aliphatic carboxylic acids is 2. The Morgan fingerprint density at radius 1 is 0.938 bits per heavy atom. The van der Waals surface area contributed by atoms with Gasteiger partial charge in [-0.15, -0.1) is 11.8 Å². The number of nitrogens with zero attached hydrogens (tertiary/aromatic N) is 4. The lowest BCUT2D eigenvalue weighted by molar-refractivity contribution is -0.142. The van der Waals surface area contributed by atoms with Crippen LogP contribution in [-0.2, 0) is 37.0 Å². The van der Waals surface area contributed by atoms with Crippen molar-refractivity contribution in [2.75, 3.05) is 65.3 Å². The molecule has 0 radical (unpaired) electrons. The lowest BCUT2D eigenvalue weighted by Gasteiger charge is -2.34. The summed E-state index contributed by atoms with van der Waals surface area (Å²) in [6.45, 7) is 14.6. The average Bonchev–Trinajstić information content (AvgIpc) is 3.62. The normalized spacial score (nSPS) is 17.1. The van der Waals surface area contributed by atoms with Crippen LogP contribution in [0.1, 0.15) is 108 Å². The van der Waals surface area contributed by atoms with E-state index in [1.807, 2.05) is 12.3 Å². The molecular formula is C47H74N8O8S. The van der Waals surface area contributed by atoms with E-state index >= 15 is 0 Å². The second-order valence-electron chi connectivity index (χ2n) is 16.9. The number of nitrogens with two attached hydrogens (primary N) is 1. The zero-order chi connectivity index (χ0) is 46.3. The lowest BCUT2D eigenvalue weighted by atomic mass is 9.99. The van der Waals surface area contributed by atoms with E-state index < -0.39 is 41.5 Å². The number of aromatic nitrogens is 1. The summed E-state index contributed by atoms with van der Waals surface area (Å²) in [5, 5.41) is 28.9. The van der Waals surface area contributed by atoms with Crippen molar-refractivity contribution in [2.45, 2.75) is 128 Å². The molecule has 4 rings (SSSR count). The minimum Gasteiger partial charge on any atom is -0.496 e. The quantitative estimate of drug-likeness (QED) is 0.0431. The van der Waals surface area contributed by atoms with E-state index in [9.17, 15) is 29.4 Å². The first-order valence-electron chi connectivity index (χ1n) is 23.2. The molecule has 17 heteroatoms. The number of aliphatic imine (C=N–C) groups is 1. The maximum Gasteiger partial charge on any atom is 0.327 e. The van der Waals surface area contributed by atoms with Crippen molar-refractivity contribution in [2.24, 2.45) is 10.7 Å². The van der Waals surface area contributed by atoms with Crippen molar-refractivity contribution in [3.8, 4) is 5.75 Å². The molecule has 2 amide bonds. The summed E-state index contributed by atoms with van der Waals surface area (Å²) in [7, 11) is 1.69. The number of amidine groups is 1. The minimum atomic E-state index is -1.30. The number of unbranched alkanes of at least 4 members (excludes halogenated alkanes) is 2. The predicted molar refractivity (Wildman–Crippen MR) is 254 cm³/mol. The van der Waals surface area contributed by atoms with Crippen molar-refractivity contribution in [1.82, 2.24) is 30.3 Å². The van der Waals surface area contributed by atoms with Crippen molar-refractivity contribution < 1.29 is 38.9 Å². The Labute approximate surface area is 383 Å². The number of nitrogens with one attached hydrogen (secondary N) is 3. The highest BCUT2D eigenvalue weighted by Crippen LogP contribution is 2.23.